The van der Waals surface area contributed by atoms with Crippen LogP contribution >= 0.6 is 0 Å². The van der Waals surface area contributed by atoms with E-state index in [2.05, 4.69) is 93.7 Å². The molecule has 0 bridgehead atoms. The van der Waals surface area contributed by atoms with Crippen LogP contribution in [-0.2, 0) is 28.6 Å². The maximum Gasteiger partial charge on any atom is 0.306 e. The summed E-state index contributed by atoms with van der Waals surface area (Å²) in [4.78, 5) is 37.9. The Bertz CT molecular complexity index is 1140. The number of ether oxygens (including phenoxy) is 3. The number of hydrogen-bond donors (Lipinski definition) is 0. The third-order valence-corrected chi connectivity index (χ3v) is 10.4. The maximum absolute atomic E-state index is 12.8. The number of allylic oxidation sites excluding steroid dienone is 12. The van der Waals surface area contributed by atoms with Gasteiger partial charge in [0, 0.05) is 19.3 Å². The molecule has 0 rings (SSSR count). The lowest BCUT2D eigenvalue weighted by Crippen LogP contribution is -2.30. The number of carbonyl (C=O) groups is 3. The Balaban J connectivity index is 4.48. The smallest absolute Gasteiger partial charge is 0.306 e. The van der Waals surface area contributed by atoms with E-state index in [0.717, 1.165) is 89.9 Å². The Morgan fingerprint density at radius 3 is 1.12 bits per heavy atom. The first kappa shape index (κ1) is 56.9. The van der Waals surface area contributed by atoms with Crippen molar-refractivity contribution in [2.24, 2.45) is 0 Å². The topological polar surface area (TPSA) is 78.9 Å². The molecule has 0 saturated carbocycles. The molecular formula is C54H92O6. The van der Waals surface area contributed by atoms with Crippen molar-refractivity contribution in [1.82, 2.24) is 0 Å². The van der Waals surface area contributed by atoms with E-state index in [1.54, 1.807) is 0 Å². The van der Waals surface area contributed by atoms with Crippen LogP contribution in [0.3, 0.4) is 0 Å². The molecule has 0 N–H and O–H groups in total. The zero-order chi connectivity index (χ0) is 43.7. The molecule has 0 amide bonds. The number of unbranched alkanes of at least 4 members (excludes halogenated alkanes) is 21. The number of hydrogen-bond acceptors (Lipinski definition) is 6. The average Bonchev–Trinajstić information content (AvgIpc) is 3.24. The highest BCUT2D eigenvalue weighted by Crippen LogP contribution is 2.14. The summed E-state index contributed by atoms with van der Waals surface area (Å²) in [6.07, 6.45) is 60.3. The first-order valence-corrected chi connectivity index (χ1v) is 24.9. The number of rotatable bonds is 44. The van der Waals surface area contributed by atoms with Gasteiger partial charge in [-0.3, -0.25) is 14.4 Å². The van der Waals surface area contributed by atoms with Crippen molar-refractivity contribution in [2.75, 3.05) is 13.2 Å². The SMILES string of the molecule is CC/C=C\C/C=C\C/C=C\C/C=C\C/C=C\CCCC(=O)OC[C@H](COC(=O)CCCCCCCCCCCCCC)OC(=O)CCCCCCC/C=C\CCCCCC. The molecule has 6 nitrogen and oxygen atoms in total. The fourth-order valence-corrected chi connectivity index (χ4v) is 6.71. The molecule has 0 unspecified atom stereocenters. The molecule has 0 fully saturated rings. The van der Waals surface area contributed by atoms with Crippen LogP contribution in [0.4, 0.5) is 0 Å². The van der Waals surface area contributed by atoms with Gasteiger partial charge in [0.05, 0.1) is 0 Å². The van der Waals surface area contributed by atoms with E-state index >= 15 is 0 Å². The Hall–Kier alpha value is -3.15. The number of carbonyl (C=O) groups excluding carboxylic acids is 3. The summed E-state index contributed by atoms with van der Waals surface area (Å²) < 4.78 is 16.7. The van der Waals surface area contributed by atoms with Crippen molar-refractivity contribution >= 4 is 17.9 Å². The van der Waals surface area contributed by atoms with Gasteiger partial charge in [0.25, 0.3) is 0 Å². The molecule has 0 aromatic rings. The number of esters is 3. The molecule has 0 radical (unpaired) electrons. The predicted molar refractivity (Wildman–Crippen MR) is 256 cm³/mol. The highest BCUT2D eigenvalue weighted by Gasteiger charge is 2.19. The van der Waals surface area contributed by atoms with Crippen LogP contribution in [0.25, 0.3) is 0 Å². The van der Waals surface area contributed by atoms with E-state index < -0.39 is 6.10 Å². The third kappa shape index (κ3) is 45.9. The summed E-state index contributed by atoms with van der Waals surface area (Å²) in [5, 5.41) is 0. The molecular weight excluding hydrogens is 745 g/mol. The second-order valence-electron chi connectivity index (χ2n) is 16.3. The van der Waals surface area contributed by atoms with Crippen molar-refractivity contribution in [3.8, 4) is 0 Å². The Labute approximate surface area is 370 Å². The summed E-state index contributed by atoms with van der Waals surface area (Å²) in [6.45, 7) is 6.44. The minimum absolute atomic E-state index is 0.0950. The van der Waals surface area contributed by atoms with Crippen LogP contribution in [0.2, 0.25) is 0 Å². The van der Waals surface area contributed by atoms with Crippen molar-refractivity contribution in [1.29, 1.82) is 0 Å². The molecule has 0 heterocycles. The quantitative estimate of drug-likeness (QED) is 0.0263. The normalized spacial score (nSPS) is 12.7. The molecule has 0 aliphatic heterocycles. The van der Waals surface area contributed by atoms with Gasteiger partial charge in [-0.25, -0.2) is 0 Å². The van der Waals surface area contributed by atoms with Gasteiger partial charge < -0.3 is 14.2 Å². The Morgan fingerprint density at radius 2 is 0.667 bits per heavy atom. The van der Waals surface area contributed by atoms with Crippen molar-refractivity contribution < 1.29 is 28.6 Å². The van der Waals surface area contributed by atoms with Gasteiger partial charge in [-0.2, -0.15) is 0 Å². The Kier molecular flexibility index (Phi) is 46.0. The van der Waals surface area contributed by atoms with Gasteiger partial charge >= 0.3 is 17.9 Å². The van der Waals surface area contributed by atoms with Gasteiger partial charge in [0.2, 0.25) is 0 Å². The second-order valence-corrected chi connectivity index (χ2v) is 16.3. The van der Waals surface area contributed by atoms with Gasteiger partial charge in [-0.05, 0) is 83.5 Å². The lowest BCUT2D eigenvalue weighted by molar-refractivity contribution is -0.167. The first-order chi connectivity index (χ1) is 29.5. The lowest BCUT2D eigenvalue weighted by atomic mass is 10.0. The van der Waals surface area contributed by atoms with Crippen LogP contribution in [0.5, 0.6) is 0 Å². The fourth-order valence-electron chi connectivity index (χ4n) is 6.71. The third-order valence-electron chi connectivity index (χ3n) is 10.4. The monoisotopic (exact) mass is 837 g/mol. The van der Waals surface area contributed by atoms with Crippen LogP contribution < -0.4 is 0 Å². The first-order valence-electron chi connectivity index (χ1n) is 24.9. The molecule has 0 saturated heterocycles. The molecule has 60 heavy (non-hydrogen) atoms. The van der Waals surface area contributed by atoms with Gasteiger partial charge in [-0.1, -0.05) is 203 Å². The van der Waals surface area contributed by atoms with E-state index in [9.17, 15) is 14.4 Å². The highest BCUT2D eigenvalue weighted by molar-refractivity contribution is 5.71. The van der Waals surface area contributed by atoms with E-state index in [4.69, 9.17) is 14.2 Å². The van der Waals surface area contributed by atoms with Crippen LogP contribution in [0.1, 0.15) is 233 Å². The minimum Gasteiger partial charge on any atom is -0.462 e. The van der Waals surface area contributed by atoms with Gasteiger partial charge in [-0.15, -0.1) is 0 Å². The molecule has 0 aromatic heterocycles. The van der Waals surface area contributed by atoms with Gasteiger partial charge in [0.15, 0.2) is 6.10 Å². The summed E-state index contributed by atoms with van der Waals surface area (Å²) in [6, 6.07) is 0. The van der Waals surface area contributed by atoms with Crippen molar-refractivity contribution in [2.45, 2.75) is 239 Å². The Morgan fingerprint density at radius 1 is 0.350 bits per heavy atom. The summed E-state index contributed by atoms with van der Waals surface area (Å²) in [5.74, 6) is -0.965. The van der Waals surface area contributed by atoms with E-state index in [1.807, 2.05) is 0 Å². The molecule has 0 aliphatic rings. The summed E-state index contributed by atoms with van der Waals surface area (Å²) >= 11 is 0. The van der Waals surface area contributed by atoms with Crippen molar-refractivity contribution in [3.63, 3.8) is 0 Å². The molecule has 1 atom stereocenters. The molecule has 344 valence electrons. The van der Waals surface area contributed by atoms with Crippen molar-refractivity contribution in [3.05, 3.63) is 72.9 Å². The lowest BCUT2D eigenvalue weighted by Gasteiger charge is -2.18. The predicted octanol–water partition coefficient (Wildman–Crippen LogP) is 16.3. The maximum atomic E-state index is 12.8. The zero-order valence-electron chi connectivity index (χ0n) is 39.2. The van der Waals surface area contributed by atoms with Crippen LogP contribution in [-0.4, -0.2) is 37.2 Å². The van der Waals surface area contributed by atoms with E-state index in [0.29, 0.717) is 19.3 Å². The van der Waals surface area contributed by atoms with E-state index in [-0.39, 0.29) is 37.5 Å². The van der Waals surface area contributed by atoms with Crippen LogP contribution in [0.15, 0.2) is 72.9 Å². The molecule has 0 aliphatic carbocycles. The standard InChI is InChI=1S/C54H92O6/c1-4-7-10-13-16-19-22-25-26-27-28-30-32-35-38-41-44-47-53(56)59-50-51(49-58-52(55)46-43-40-37-34-31-24-21-18-15-12-9-6-3)60-54(57)48-45-42-39-36-33-29-23-20-17-14-11-8-5-2/h7,10,16,19-20,23,25-26,28,30,35,38,51H,4-6,8-9,11-15,17-18,21-22,24,27,29,31-34,36-37,39-50H2,1-3H3/b10-7-,19-16-,23-20-,26-25-,30-28-,38-35-/t51-/m0/s1. The van der Waals surface area contributed by atoms with Gasteiger partial charge in [0.1, 0.15) is 13.2 Å². The average molecular weight is 837 g/mol. The highest BCUT2D eigenvalue weighted by atomic mass is 16.6. The fraction of sp³-hybridized carbons (Fsp3) is 0.722. The second kappa shape index (κ2) is 48.5. The van der Waals surface area contributed by atoms with E-state index in [1.165, 1.54) is 96.3 Å². The molecule has 0 spiro atoms. The summed E-state index contributed by atoms with van der Waals surface area (Å²) in [5.41, 5.74) is 0. The zero-order valence-corrected chi connectivity index (χ0v) is 39.2. The minimum atomic E-state index is -0.799. The van der Waals surface area contributed by atoms with Crippen LogP contribution in [0, 0.1) is 0 Å². The molecule has 6 heteroatoms. The molecule has 0 aromatic carbocycles. The summed E-state index contributed by atoms with van der Waals surface area (Å²) in [7, 11) is 0. The largest absolute Gasteiger partial charge is 0.462 e.